The van der Waals surface area contributed by atoms with Gasteiger partial charge in [0.15, 0.2) is 5.96 Å². The molecule has 0 atom stereocenters. The molecule has 1 aliphatic carbocycles. The number of hydrogen-bond acceptors (Lipinski definition) is 4. The van der Waals surface area contributed by atoms with Gasteiger partial charge in [-0.05, 0) is 26.2 Å². The minimum Gasteiger partial charge on any atom is -0.379 e. The standard InChI is InChI=1S/C19H38N4O3.HI/c1-3-5-13-25-15-16-26-14-12-22-19(20-4-2)21-11-10-18(24)23-17-8-6-7-9-17;/h17H,3-16H2,1-2H3,(H,23,24)(H2,20,21,22);1H. The van der Waals surface area contributed by atoms with Gasteiger partial charge in [0.1, 0.15) is 0 Å². The van der Waals surface area contributed by atoms with E-state index in [1.165, 1.54) is 12.8 Å². The lowest BCUT2D eigenvalue weighted by Gasteiger charge is -2.14. The summed E-state index contributed by atoms with van der Waals surface area (Å²) >= 11 is 0. The number of nitrogens with zero attached hydrogens (tertiary/aromatic N) is 1. The van der Waals surface area contributed by atoms with Crippen LogP contribution in [0.1, 0.15) is 58.8 Å². The van der Waals surface area contributed by atoms with Crippen LogP contribution < -0.4 is 16.0 Å². The number of halogens is 1. The molecule has 1 amide bonds. The molecule has 0 aromatic carbocycles. The Kier molecular flexibility index (Phi) is 18.3. The van der Waals surface area contributed by atoms with E-state index in [-0.39, 0.29) is 29.9 Å². The van der Waals surface area contributed by atoms with Crippen molar-refractivity contribution in [2.75, 3.05) is 46.1 Å². The molecule has 1 rings (SSSR count). The molecule has 1 fully saturated rings. The highest BCUT2D eigenvalue weighted by Crippen LogP contribution is 2.17. The van der Waals surface area contributed by atoms with E-state index in [9.17, 15) is 4.79 Å². The fourth-order valence-corrected chi connectivity index (χ4v) is 2.80. The third-order valence-electron chi connectivity index (χ3n) is 4.23. The van der Waals surface area contributed by atoms with E-state index in [4.69, 9.17) is 9.47 Å². The van der Waals surface area contributed by atoms with Crippen molar-refractivity contribution in [1.29, 1.82) is 0 Å². The van der Waals surface area contributed by atoms with E-state index in [0.29, 0.717) is 45.4 Å². The Morgan fingerprint density at radius 2 is 1.74 bits per heavy atom. The van der Waals surface area contributed by atoms with Gasteiger partial charge in [-0.25, -0.2) is 0 Å². The van der Waals surface area contributed by atoms with Gasteiger partial charge in [-0.3, -0.25) is 9.79 Å². The number of carbonyl (C=O) groups is 1. The number of carbonyl (C=O) groups excluding carboxylic acids is 1. The number of ether oxygens (including phenoxy) is 2. The van der Waals surface area contributed by atoms with Crippen molar-refractivity contribution in [3.8, 4) is 0 Å². The Morgan fingerprint density at radius 3 is 2.41 bits per heavy atom. The lowest BCUT2D eigenvalue weighted by molar-refractivity contribution is -0.121. The van der Waals surface area contributed by atoms with E-state index in [0.717, 1.165) is 44.8 Å². The van der Waals surface area contributed by atoms with Gasteiger partial charge in [0.25, 0.3) is 0 Å². The Hall–Kier alpha value is -0.610. The molecule has 8 heteroatoms. The van der Waals surface area contributed by atoms with Crippen molar-refractivity contribution in [2.45, 2.75) is 64.8 Å². The van der Waals surface area contributed by atoms with Gasteiger partial charge in [0.2, 0.25) is 5.91 Å². The predicted octanol–water partition coefficient (Wildman–Crippen LogP) is 2.44. The van der Waals surface area contributed by atoms with Gasteiger partial charge in [-0.1, -0.05) is 26.2 Å². The van der Waals surface area contributed by atoms with E-state index in [2.05, 4.69) is 27.9 Å². The van der Waals surface area contributed by atoms with Crippen LogP contribution in [-0.4, -0.2) is 64.0 Å². The summed E-state index contributed by atoms with van der Waals surface area (Å²) in [6.45, 7) is 8.73. The Balaban J connectivity index is 0.00000676. The number of aliphatic imine (C=N–C) groups is 1. The minimum absolute atomic E-state index is 0. The summed E-state index contributed by atoms with van der Waals surface area (Å²) < 4.78 is 10.9. The molecular weight excluding hydrogens is 459 g/mol. The van der Waals surface area contributed by atoms with E-state index < -0.39 is 0 Å². The van der Waals surface area contributed by atoms with Crippen LogP contribution in [0, 0.1) is 0 Å². The highest BCUT2D eigenvalue weighted by Gasteiger charge is 2.16. The van der Waals surface area contributed by atoms with Crippen LogP contribution in [0.25, 0.3) is 0 Å². The van der Waals surface area contributed by atoms with Gasteiger partial charge in [-0.15, -0.1) is 24.0 Å². The van der Waals surface area contributed by atoms with E-state index in [1.807, 2.05) is 6.92 Å². The normalized spacial score (nSPS) is 14.7. The summed E-state index contributed by atoms with van der Waals surface area (Å²) in [5.74, 6) is 0.843. The average Bonchev–Trinajstić information content (AvgIpc) is 3.13. The molecule has 0 spiro atoms. The highest BCUT2D eigenvalue weighted by atomic mass is 127. The molecule has 27 heavy (non-hydrogen) atoms. The molecular formula is C19H39IN4O3. The second kappa shape index (κ2) is 18.7. The van der Waals surface area contributed by atoms with Crippen molar-refractivity contribution >= 4 is 35.8 Å². The smallest absolute Gasteiger partial charge is 0.221 e. The molecule has 7 nitrogen and oxygen atoms in total. The highest BCUT2D eigenvalue weighted by molar-refractivity contribution is 14.0. The van der Waals surface area contributed by atoms with Crippen LogP contribution in [0.3, 0.4) is 0 Å². The molecule has 0 aromatic heterocycles. The summed E-state index contributed by atoms with van der Waals surface area (Å²) in [5, 5.41) is 9.48. The maximum absolute atomic E-state index is 11.9. The summed E-state index contributed by atoms with van der Waals surface area (Å²) in [5.41, 5.74) is 0. The first-order valence-electron chi connectivity index (χ1n) is 10.2. The quantitative estimate of drug-likeness (QED) is 0.148. The molecule has 0 aromatic rings. The number of unbranched alkanes of at least 4 members (excludes halogenated alkanes) is 1. The molecule has 0 heterocycles. The second-order valence-electron chi connectivity index (χ2n) is 6.56. The lowest BCUT2D eigenvalue weighted by atomic mass is 10.2. The molecule has 1 saturated carbocycles. The molecule has 160 valence electrons. The van der Waals surface area contributed by atoms with Gasteiger partial charge >= 0.3 is 0 Å². The number of hydrogen-bond donors (Lipinski definition) is 3. The maximum atomic E-state index is 11.9. The summed E-state index contributed by atoms with van der Waals surface area (Å²) in [6, 6.07) is 0.382. The summed E-state index contributed by atoms with van der Waals surface area (Å²) in [4.78, 5) is 16.4. The van der Waals surface area contributed by atoms with Gasteiger partial charge in [0.05, 0.1) is 26.4 Å². The average molecular weight is 498 g/mol. The van der Waals surface area contributed by atoms with Crippen LogP contribution in [-0.2, 0) is 14.3 Å². The molecule has 0 radical (unpaired) electrons. The largest absolute Gasteiger partial charge is 0.379 e. The monoisotopic (exact) mass is 498 g/mol. The Morgan fingerprint density at radius 1 is 1.04 bits per heavy atom. The van der Waals surface area contributed by atoms with Gasteiger partial charge in [0, 0.05) is 32.2 Å². The number of guanidine groups is 1. The van der Waals surface area contributed by atoms with Crippen LogP contribution >= 0.6 is 24.0 Å². The zero-order chi connectivity index (χ0) is 18.9. The van der Waals surface area contributed by atoms with Crippen molar-refractivity contribution in [2.24, 2.45) is 4.99 Å². The van der Waals surface area contributed by atoms with Crippen LogP contribution in [0.15, 0.2) is 4.99 Å². The fourth-order valence-electron chi connectivity index (χ4n) is 2.80. The fraction of sp³-hybridized carbons (Fsp3) is 0.895. The van der Waals surface area contributed by atoms with Gasteiger partial charge in [-0.2, -0.15) is 0 Å². The Bertz CT molecular complexity index is 391. The molecule has 1 aliphatic rings. The third-order valence-corrected chi connectivity index (χ3v) is 4.23. The third kappa shape index (κ3) is 15.0. The lowest BCUT2D eigenvalue weighted by Crippen LogP contribution is -2.40. The first-order valence-corrected chi connectivity index (χ1v) is 10.2. The number of amides is 1. The zero-order valence-corrected chi connectivity index (χ0v) is 19.4. The van der Waals surface area contributed by atoms with Crippen molar-refractivity contribution < 1.29 is 14.3 Å². The molecule has 0 aliphatic heterocycles. The van der Waals surface area contributed by atoms with E-state index >= 15 is 0 Å². The molecule has 0 unspecified atom stereocenters. The van der Waals surface area contributed by atoms with Crippen molar-refractivity contribution in [3.05, 3.63) is 0 Å². The topological polar surface area (TPSA) is 84.0 Å². The second-order valence-corrected chi connectivity index (χ2v) is 6.56. The maximum Gasteiger partial charge on any atom is 0.221 e. The summed E-state index contributed by atoms with van der Waals surface area (Å²) in [7, 11) is 0. The molecule has 3 N–H and O–H groups in total. The SMILES string of the molecule is CCCCOCCOCCN=C(NCC)NCCC(=O)NC1CCCC1.I. The first kappa shape index (κ1) is 26.4. The van der Waals surface area contributed by atoms with Crippen LogP contribution in [0.2, 0.25) is 0 Å². The predicted molar refractivity (Wildman–Crippen MR) is 121 cm³/mol. The number of nitrogens with one attached hydrogen (secondary N) is 3. The zero-order valence-electron chi connectivity index (χ0n) is 17.1. The Labute approximate surface area is 181 Å². The van der Waals surface area contributed by atoms with E-state index in [1.54, 1.807) is 0 Å². The first-order chi connectivity index (χ1) is 12.8. The van der Waals surface area contributed by atoms with Crippen LogP contribution in [0.5, 0.6) is 0 Å². The van der Waals surface area contributed by atoms with Crippen molar-refractivity contribution in [1.82, 2.24) is 16.0 Å². The molecule has 0 bridgehead atoms. The minimum atomic E-state index is 0. The number of rotatable bonds is 14. The van der Waals surface area contributed by atoms with Crippen LogP contribution in [0.4, 0.5) is 0 Å². The molecule has 0 saturated heterocycles. The summed E-state index contributed by atoms with van der Waals surface area (Å²) in [6.07, 6.45) is 7.41. The van der Waals surface area contributed by atoms with Crippen molar-refractivity contribution in [3.63, 3.8) is 0 Å². The van der Waals surface area contributed by atoms with Gasteiger partial charge < -0.3 is 25.4 Å².